The van der Waals surface area contributed by atoms with Crippen molar-refractivity contribution >= 4 is 27.6 Å². The lowest BCUT2D eigenvalue weighted by Crippen LogP contribution is -2.47. The fraction of sp³-hybridized carbons (Fsp3) is 0.435. The number of nitrogens with zero attached hydrogens (tertiary/aromatic N) is 4. The fourth-order valence-electron chi connectivity index (χ4n) is 3.70. The molecule has 178 valence electrons. The largest absolute Gasteiger partial charge is 0.465 e. The molecule has 0 unspecified atom stereocenters. The summed E-state index contributed by atoms with van der Waals surface area (Å²) in [5, 5.41) is 0. The van der Waals surface area contributed by atoms with Crippen LogP contribution in [0, 0.1) is 0 Å². The molecule has 1 fully saturated rings. The second-order valence-electron chi connectivity index (χ2n) is 7.89. The molecule has 1 aromatic heterocycles. The Labute approximate surface area is 195 Å². The van der Waals surface area contributed by atoms with E-state index < -0.39 is 16.0 Å². The van der Waals surface area contributed by atoms with Crippen molar-refractivity contribution in [2.45, 2.75) is 26.9 Å². The first-order chi connectivity index (χ1) is 15.7. The van der Waals surface area contributed by atoms with Gasteiger partial charge in [-0.05, 0) is 36.8 Å². The molecule has 3 rings (SSSR count). The number of rotatable bonds is 8. The van der Waals surface area contributed by atoms with Gasteiger partial charge in [-0.2, -0.15) is 0 Å². The van der Waals surface area contributed by atoms with Crippen molar-refractivity contribution in [2.24, 2.45) is 0 Å². The van der Waals surface area contributed by atoms with Crippen molar-refractivity contribution < 1.29 is 22.7 Å². The number of methoxy groups -OCH3 is 1. The molecule has 33 heavy (non-hydrogen) atoms. The summed E-state index contributed by atoms with van der Waals surface area (Å²) in [4.78, 5) is 31.5. The predicted octanol–water partition coefficient (Wildman–Crippen LogP) is 1.89. The van der Waals surface area contributed by atoms with Crippen LogP contribution in [0.4, 0.5) is 5.69 Å². The number of hydrogen-bond acceptors (Lipinski definition) is 7. The van der Waals surface area contributed by atoms with Crippen LogP contribution in [0.2, 0.25) is 0 Å². The summed E-state index contributed by atoms with van der Waals surface area (Å²) in [5.41, 5.74) is 2.38. The second kappa shape index (κ2) is 10.8. The zero-order chi connectivity index (χ0) is 24.0. The van der Waals surface area contributed by atoms with E-state index in [0.717, 1.165) is 18.7 Å². The first kappa shape index (κ1) is 24.7. The molecule has 0 saturated carbocycles. The minimum Gasteiger partial charge on any atom is -0.465 e. The minimum atomic E-state index is -3.57. The van der Waals surface area contributed by atoms with Gasteiger partial charge in [0.05, 0.1) is 36.4 Å². The van der Waals surface area contributed by atoms with Crippen LogP contribution in [-0.4, -0.2) is 74.1 Å². The Morgan fingerprint density at radius 2 is 1.85 bits per heavy atom. The third-order valence-corrected chi connectivity index (χ3v) is 7.42. The molecule has 0 spiro atoms. The van der Waals surface area contributed by atoms with Crippen LogP contribution in [0.1, 0.15) is 35.5 Å². The van der Waals surface area contributed by atoms with Crippen molar-refractivity contribution in [3.63, 3.8) is 0 Å². The van der Waals surface area contributed by atoms with Gasteiger partial charge in [-0.1, -0.05) is 12.1 Å². The first-order valence-corrected chi connectivity index (χ1v) is 12.4. The minimum absolute atomic E-state index is 0.0511. The van der Waals surface area contributed by atoms with Gasteiger partial charge >= 0.3 is 5.97 Å². The van der Waals surface area contributed by atoms with Crippen LogP contribution in [0.3, 0.4) is 0 Å². The Hall–Kier alpha value is -2.98. The molecule has 0 aliphatic carbocycles. The molecular weight excluding hydrogens is 444 g/mol. The quantitative estimate of drug-likeness (QED) is 0.539. The number of carbonyl (C=O) groups is 2. The molecule has 10 heteroatoms. The monoisotopic (exact) mass is 474 g/mol. The molecule has 2 aromatic rings. The van der Waals surface area contributed by atoms with Gasteiger partial charge in [0, 0.05) is 45.8 Å². The lowest BCUT2D eigenvalue weighted by Gasteiger charge is -2.34. The third kappa shape index (κ3) is 6.29. The van der Waals surface area contributed by atoms with Gasteiger partial charge in [0.2, 0.25) is 15.9 Å². The number of hydrogen-bond donors (Lipinski definition) is 0. The zero-order valence-corrected chi connectivity index (χ0v) is 20.0. The van der Waals surface area contributed by atoms with Gasteiger partial charge in [0.1, 0.15) is 0 Å². The Bertz CT molecular complexity index is 1080. The third-order valence-electron chi connectivity index (χ3n) is 5.67. The van der Waals surface area contributed by atoms with Gasteiger partial charge in [-0.15, -0.1) is 0 Å². The van der Waals surface area contributed by atoms with E-state index in [0.29, 0.717) is 36.6 Å². The zero-order valence-electron chi connectivity index (χ0n) is 19.2. The Morgan fingerprint density at radius 3 is 2.42 bits per heavy atom. The lowest BCUT2D eigenvalue weighted by molar-refractivity contribution is -0.130. The second-order valence-corrected chi connectivity index (χ2v) is 10.1. The summed E-state index contributed by atoms with van der Waals surface area (Å²) >= 11 is 0. The average molecular weight is 475 g/mol. The summed E-state index contributed by atoms with van der Waals surface area (Å²) in [5.74, 6) is -0.459. The maximum Gasteiger partial charge on any atom is 0.339 e. The maximum absolute atomic E-state index is 12.9. The summed E-state index contributed by atoms with van der Waals surface area (Å²) in [6.07, 6.45) is 1.38. The van der Waals surface area contributed by atoms with Crippen molar-refractivity contribution in [1.29, 1.82) is 0 Å². The molecule has 0 bridgehead atoms. The number of ether oxygens (including phenoxy) is 1. The number of sulfonamides is 1. The van der Waals surface area contributed by atoms with Crippen molar-refractivity contribution in [3.05, 3.63) is 59.4 Å². The average Bonchev–Trinajstić information content (AvgIpc) is 2.82. The van der Waals surface area contributed by atoms with E-state index in [-0.39, 0.29) is 18.2 Å². The topological polar surface area (TPSA) is 100 Å². The summed E-state index contributed by atoms with van der Waals surface area (Å²) in [6.45, 7) is 6.85. The van der Waals surface area contributed by atoms with Gasteiger partial charge < -0.3 is 9.64 Å². The van der Waals surface area contributed by atoms with Gasteiger partial charge in [0.25, 0.3) is 0 Å². The SMILES string of the molecule is CCS(=O)(=O)N(Cc1ccc(C(=O)OC)cn1)c1cccc(CN2CCN(C(C)=O)CC2)c1. The normalized spacial score (nSPS) is 14.7. The van der Waals surface area contributed by atoms with Crippen LogP contribution in [-0.2, 0) is 32.6 Å². The van der Waals surface area contributed by atoms with Gasteiger partial charge in [-0.3, -0.25) is 19.0 Å². The van der Waals surface area contributed by atoms with E-state index >= 15 is 0 Å². The molecule has 9 nitrogen and oxygen atoms in total. The highest BCUT2D eigenvalue weighted by Crippen LogP contribution is 2.23. The van der Waals surface area contributed by atoms with E-state index in [4.69, 9.17) is 0 Å². The maximum atomic E-state index is 12.9. The number of pyridine rings is 1. The van der Waals surface area contributed by atoms with E-state index in [9.17, 15) is 18.0 Å². The van der Waals surface area contributed by atoms with E-state index in [1.807, 2.05) is 23.1 Å². The predicted molar refractivity (Wildman–Crippen MR) is 125 cm³/mol. The highest BCUT2D eigenvalue weighted by Gasteiger charge is 2.23. The Balaban J connectivity index is 1.78. The van der Waals surface area contributed by atoms with E-state index in [1.54, 1.807) is 32.0 Å². The highest BCUT2D eigenvalue weighted by molar-refractivity contribution is 7.92. The molecule has 2 heterocycles. The number of aromatic nitrogens is 1. The molecular formula is C23H30N4O5S. The number of esters is 1. The molecule has 0 radical (unpaired) electrons. The first-order valence-electron chi connectivity index (χ1n) is 10.8. The van der Waals surface area contributed by atoms with Gasteiger partial charge in [0.15, 0.2) is 0 Å². The molecule has 1 aliphatic heterocycles. The molecule has 1 amide bonds. The molecule has 0 N–H and O–H groups in total. The standard InChI is InChI=1S/C23H30N4O5S/c1-4-33(30,31)27(17-21-9-8-20(15-24-21)23(29)32-3)22-7-5-6-19(14-22)16-25-10-12-26(13-11-25)18(2)28/h5-9,14-15H,4,10-13,16-17H2,1-3H3. The van der Waals surface area contributed by atoms with Gasteiger partial charge in [-0.25, -0.2) is 13.2 Å². The summed E-state index contributed by atoms with van der Waals surface area (Å²) in [7, 11) is -2.27. The molecule has 1 aromatic carbocycles. The van der Waals surface area contributed by atoms with Crippen LogP contribution in [0.15, 0.2) is 42.6 Å². The molecule has 0 atom stereocenters. The van der Waals surface area contributed by atoms with Crippen molar-refractivity contribution in [1.82, 2.24) is 14.8 Å². The van der Waals surface area contributed by atoms with Crippen molar-refractivity contribution in [3.8, 4) is 0 Å². The number of amides is 1. The Morgan fingerprint density at radius 1 is 1.12 bits per heavy atom. The highest BCUT2D eigenvalue weighted by atomic mass is 32.2. The lowest BCUT2D eigenvalue weighted by atomic mass is 10.1. The number of anilines is 1. The number of benzene rings is 1. The van der Waals surface area contributed by atoms with Crippen LogP contribution in [0.25, 0.3) is 0 Å². The number of carbonyl (C=O) groups excluding carboxylic acids is 2. The number of piperazine rings is 1. The Kier molecular flexibility index (Phi) is 8.04. The summed E-state index contributed by atoms with van der Waals surface area (Å²) < 4.78 is 31.8. The smallest absolute Gasteiger partial charge is 0.339 e. The van der Waals surface area contributed by atoms with Crippen LogP contribution in [0.5, 0.6) is 0 Å². The fourth-order valence-corrected chi connectivity index (χ4v) is 4.77. The molecule has 1 saturated heterocycles. The van der Waals surface area contributed by atoms with E-state index in [2.05, 4.69) is 14.6 Å². The van der Waals surface area contributed by atoms with Crippen LogP contribution >= 0.6 is 0 Å². The van der Waals surface area contributed by atoms with Crippen LogP contribution < -0.4 is 4.31 Å². The molecule has 1 aliphatic rings. The summed E-state index contributed by atoms with van der Waals surface area (Å²) in [6, 6.07) is 10.7. The van der Waals surface area contributed by atoms with Crippen molar-refractivity contribution in [2.75, 3.05) is 43.3 Å². The van der Waals surface area contributed by atoms with E-state index in [1.165, 1.54) is 17.6 Å².